The summed E-state index contributed by atoms with van der Waals surface area (Å²) in [4.78, 5) is 26.4. The summed E-state index contributed by atoms with van der Waals surface area (Å²) < 4.78 is 79.6. The zero-order chi connectivity index (χ0) is 28.8. The van der Waals surface area contributed by atoms with Gasteiger partial charge in [0.15, 0.2) is 5.69 Å². The molecule has 3 aromatic heterocycles. The second-order valence-electron chi connectivity index (χ2n) is 9.47. The van der Waals surface area contributed by atoms with Crippen molar-refractivity contribution < 1.29 is 40.8 Å². The largest absolute Gasteiger partial charge is 0.434 e. The van der Waals surface area contributed by atoms with Crippen LogP contribution in [0, 0.1) is 19.4 Å². The Morgan fingerprint density at radius 1 is 1.32 bits per heavy atom. The third kappa shape index (κ3) is 6.03. The van der Waals surface area contributed by atoms with Crippen molar-refractivity contribution in [2.75, 3.05) is 11.9 Å². The standard InChI is InChI=1S/C23H24F3N6O6S2/c1-11-14(20-22-31-18(23(24,25)26)9-32(22)2-3-38-20)6-17(39-11)19(34)15-8-27-10-28-21(15)30-13-4-12(16(33)5-13)7-29-40(35,36)37/h6-10,12-13,16,20,29,33H,2-5H2,1H3,(H,27,28,30)(H,35,36,37)/t12-,13-,16+,20+/m1/s1. The van der Waals surface area contributed by atoms with E-state index < -0.39 is 46.1 Å². The summed E-state index contributed by atoms with van der Waals surface area (Å²) in [6.07, 6.45) is -2.34. The molecule has 12 nitrogen and oxygen atoms in total. The normalized spacial score (nSPS) is 23.2. The van der Waals surface area contributed by atoms with E-state index in [1.165, 1.54) is 17.1 Å². The number of carbonyl (C=O) groups excluding carboxylic acids is 1. The number of hydrogen-bond donors (Lipinski definition) is 4. The van der Waals surface area contributed by atoms with Crippen molar-refractivity contribution in [1.29, 1.82) is 0 Å². The summed E-state index contributed by atoms with van der Waals surface area (Å²) in [5, 5.41) is 13.4. The number of imidazole rings is 1. The number of thiophene rings is 1. The number of ketones is 1. The molecular formula is C23H24F3N6O6S2. The van der Waals surface area contributed by atoms with Crippen LogP contribution in [0.3, 0.4) is 0 Å². The van der Waals surface area contributed by atoms with Gasteiger partial charge in [-0.25, -0.2) is 15.0 Å². The molecule has 40 heavy (non-hydrogen) atoms. The Labute approximate surface area is 230 Å². The Balaban J connectivity index is 1.35. The quantitative estimate of drug-likeness (QED) is 0.222. The van der Waals surface area contributed by atoms with Gasteiger partial charge in [-0.1, -0.05) is 0 Å². The average Bonchev–Trinajstić information content (AvgIpc) is 3.58. The van der Waals surface area contributed by atoms with E-state index in [4.69, 9.17) is 9.29 Å². The third-order valence-electron chi connectivity index (χ3n) is 6.72. The van der Waals surface area contributed by atoms with Crippen LogP contribution in [-0.2, 0) is 27.8 Å². The lowest BCUT2D eigenvalue weighted by Crippen LogP contribution is -2.27. The Bertz CT molecular complexity index is 1530. The number of aromatic nitrogens is 4. The van der Waals surface area contributed by atoms with Crippen molar-refractivity contribution in [2.24, 2.45) is 5.92 Å². The van der Waals surface area contributed by atoms with Gasteiger partial charge in [-0.2, -0.15) is 26.3 Å². The first-order chi connectivity index (χ1) is 18.8. The Hall–Kier alpha value is -2.96. The Morgan fingerprint density at radius 3 is 2.83 bits per heavy atom. The van der Waals surface area contributed by atoms with Crippen LogP contribution in [0.15, 0.2) is 24.8 Å². The molecule has 0 amide bonds. The molecule has 1 aliphatic heterocycles. The maximum Gasteiger partial charge on any atom is 0.434 e. The minimum Gasteiger partial charge on any atom is -0.393 e. The smallest absolute Gasteiger partial charge is 0.393 e. The fourth-order valence-electron chi connectivity index (χ4n) is 4.85. The highest BCUT2D eigenvalue weighted by molar-refractivity contribution is 7.83. The minimum atomic E-state index is -4.60. The second kappa shape index (κ2) is 10.8. The SMILES string of the molecule is Cc1sc(C(=O)c2cncnc2N[C@H]2C[C@H](O)[C@@H]([CH]NS(=O)(=O)O)C2)cc1[C@@H]1OCCn2cc(C(F)(F)F)nc21. The van der Waals surface area contributed by atoms with Gasteiger partial charge < -0.3 is 19.7 Å². The number of alkyl halides is 3. The predicted octanol–water partition coefficient (Wildman–Crippen LogP) is 2.52. The zero-order valence-electron chi connectivity index (χ0n) is 20.8. The van der Waals surface area contributed by atoms with E-state index in [0.29, 0.717) is 15.3 Å². The molecule has 1 saturated carbocycles. The van der Waals surface area contributed by atoms with Gasteiger partial charge in [-0.3, -0.25) is 9.35 Å². The number of rotatable bonds is 8. The van der Waals surface area contributed by atoms with Gasteiger partial charge in [-0.05, 0) is 25.8 Å². The lowest BCUT2D eigenvalue weighted by Gasteiger charge is -2.24. The van der Waals surface area contributed by atoms with Crippen LogP contribution < -0.4 is 10.0 Å². The molecule has 0 spiro atoms. The molecule has 1 fully saturated rings. The molecule has 0 aromatic carbocycles. The van der Waals surface area contributed by atoms with Crippen LogP contribution in [0.4, 0.5) is 19.0 Å². The molecule has 0 bridgehead atoms. The fourth-order valence-corrected chi connectivity index (χ4v) is 6.20. The molecule has 3 aromatic rings. The number of halogens is 3. The number of nitrogens with zero attached hydrogens (tertiary/aromatic N) is 4. The number of hydrogen-bond acceptors (Lipinski definition) is 10. The van der Waals surface area contributed by atoms with Gasteiger partial charge in [-0.15, -0.1) is 11.3 Å². The molecule has 5 rings (SSSR count). The molecule has 4 heterocycles. The summed E-state index contributed by atoms with van der Waals surface area (Å²) in [6.45, 7) is 3.24. The van der Waals surface area contributed by atoms with Crippen molar-refractivity contribution in [2.45, 2.75) is 50.7 Å². The Kier molecular flexibility index (Phi) is 7.71. The van der Waals surface area contributed by atoms with Gasteiger partial charge >= 0.3 is 16.5 Å². The summed E-state index contributed by atoms with van der Waals surface area (Å²) in [5.41, 5.74) is -0.340. The van der Waals surface area contributed by atoms with Crippen LogP contribution >= 0.6 is 11.3 Å². The molecule has 17 heteroatoms. The highest BCUT2D eigenvalue weighted by atomic mass is 32.2. The number of ether oxygens (including phenoxy) is 1. The molecular weight excluding hydrogens is 577 g/mol. The summed E-state index contributed by atoms with van der Waals surface area (Å²) in [5.74, 6) is -0.706. The number of aliphatic hydroxyl groups is 1. The molecule has 4 N–H and O–H groups in total. The second-order valence-corrected chi connectivity index (χ2v) is 11.9. The number of nitrogens with one attached hydrogen (secondary N) is 2. The van der Waals surface area contributed by atoms with E-state index in [2.05, 4.69) is 20.3 Å². The van der Waals surface area contributed by atoms with Crippen molar-refractivity contribution in [3.8, 4) is 0 Å². The van der Waals surface area contributed by atoms with Gasteiger partial charge in [0.1, 0.15) is 24.1 Å². The van der Waals surface area contributed by atoms with E-state index in [0.717, 1.165) is 24.1 Å². The van der Waals surface area contributed by atoms with Crippen LogP contribution in [-0.4, -0.2) is 62.1 Å². The van der Waals surface area contributed by atoms with Gasteiger partial charge in [0, 0.05) is 47.9 Å². The average molecular weight is 602 g/mol. The number of carbonyl (C=O) groups is 1. The summed E-state index contributed by atoms with van der Waals surface area (Å²) in [7, 11) is -4.46. The zero-order valence-corrected chi connectivity index (χ0v) is 22.4. The van der Waals surface area contributed by atoms with Crippen LogP contribution in [0.25, 0.3) is 0 Å². The van der Waals surface area contributed by atoms with E-state index in [1.807, 2.05) is 4.72 Å². The molecule has 4 atom stereocenters. The molecule has 0 unspecified atom stereocenters. The highest BCUT2D eigenvalue weighted by Gasteiger charge is 2.38. The van der Waals surface area contributed by atoms with Gasteiger partial charge in [0.2, 0.25) is 5.78 Å². The van der Waals surface area contributed by atoms with Crippen LogP contribution in [0.2, 0.25) is 0 Å². The van der Waals surface area contributed by atoms with E-state index in [1.54, 1.807) is 13.0 Å². The minimum absolute atomic E-state index is 0.110. The van der Waals surface area contributed by atoms with Crippen molar-refractivity contribution in [3.05, 3.63) is 63.7 Å². The van der Waals surface area contributed by atoms with Gasteiger partial charge in [0.25, 0.3) is 0 Å². The maximum atomic E-state index is 13.5. The van der Waals surface area contributed by atoms with Crippen LogP contribution in [0.5, 0.6) is 0 Å². The summed E-state index contributed by atoms with van der Waals surface area (Å²) >= 11 is 1.15. The first-order valence-electron chi connectivity index (χ1n) is 12.0. The number of fused-ring (bicyclic) bond motifs is 1. The molecule has 1 aliphatic carbocycles. The number of aliphatic hydroxyl groups excluding tert-OH is 1. The monoisotopic (exact) mass is 601 g/mol. The predicted molar refractivity (Wildman–Crippen MR) is 135 cm³/mol. The molecule has 2 aliphatic rings. The maximum absolute atomic E-state index is 13.5. The lowest BCUT2D eigenvalue weighted by molar-refractivity contribution is -0.141. The fraction of sp³-hybridized carbons (Fsp3) is 0.435. The molecule has 215 valence electrons. The summed E-state index contributed by atoms with van der Waals surface area (Å²) in [6, 6.07) is 1.20. The van der Waals surface area contributed by atoms with Crippen molar-refractivity contribution in [3.63, 3.8) is 0 Å². The molecule has 0 saturated heterocycles. The Morgan fingerprint density at radius 2 is 2.10 bits per heavy atom. The van der Waals surface area contributed by atoms with Crippen molar-refractivity contribution in [1.82, 2.24) is 24.2 Å². The van der Waals surface area contributed by atoms with E-state index in [9.17, 15) is 31.5 Å². The number of anilines is 1. The first kappa shape index (κ1) is 28.6. The molecule has 1 radical (unpaired) electrons. The lowest BCUT2D eigenvalue weighted by atomic mass is 10.1. The topological polar surface area (TPSA) is 169 Å². The third-order valence-corrected chi connectivity index (χ3v) is 8.22. The van der Waals surface area contributed by atoms with Gasteiger partial charge in [0.05, 0.1) is 23.2 Å². The van der Waals surface area contributed by atoms with Crippen molar-refractivity contribution >= 4 is 33.2 Å². The van der Waals surface area contributed by atoms with E-state index >= 15 is 0 Å². The highest BCUT2D eigenvalue weighted by Crippen LogP contribution is 2.38. The van der Waals surface area contributed by atoms with Crippen LogP contribution in [0.1, 0.15) is 56.1 Å². The number of aryl methyl sites for hydroxylation is 1. The van der Waals surface area contributed by atoms with E-state index in [-0.39, 0.29) is 49.2 Å². The first-order valence-corrected chi connectivity index (χ1v) is 14.3.